The van der Waals surface area contributed by atoms with Crippen LogP contribution in [0.15, 0.2) is 60.8 Å². The molecule has 1 N–H and O–H groups in total. The quantitative estimate of drug-likeness (QED) is 0.710. The van der Waals surface area contributed by atoms with Gasteiger partial charge in [-0.2, -0.15) is 5.10 Å². The third kappa shape index (κ3) is 4.93. The highest BCUT2D eigenvalue weighted by molar-refractivity contribution is 7.99. The number of hydrogen-bond donors (Lipinski definition) is 1. The summed E-state index contributed by atoms with van der Waals surface area (Å²) in [5.74, 6) is 1.29. The number of pyridine rings is 1. The largest absolute Gasteiger partial charge is 0.350 e. The van der Waals surface area contributed by atoms with Gasteiger partial charge in [0.05, 0.1) is 29.4 Å². The molecule has 0 aliphatic heterocycles. The molecule has 0 bridgehead atoms. The normalized spacial score (nSPS) is 10.6. The molecule has 3 rings (SSSR count). The molecule has 0 aliphatic rings. The molecule has 2 aromatic heterocycles. The van der Waals surface area contributed by atoms with Crippen molar-refractivity contribution < 1.29 is 4.79 Å². The molecule has 25 heavy (non-hydrogen) atoms. The number of amides is 1. The summed E-state index contributed by atoms with van der Waals surface area (Å²) in [5.41, 5.74) is 3.85. The van der Waals surface area contributed by atoms with Crippen LogP contribution in [0.5, 0.6) is 0 Å². The van der Waals surface area contributed by atoms with Crippen molar-refractivity contribution in [3.8, 4) is 11.4 Å². The number of carbonyl (C=O) groups is 1. The summed E-state index contributed by atoms with van der Waals surface area (Å²) in [6.45, 7) is 0.422. The third-order valence-electron chi connectivity index (χ3n) is 3.67. The maximum atomic E-state index is 12.0. The zero-order chi connectivity index (χ0) is 17.5. The lowest BCUT2D eigenvalue weighted by molar-refractivity contribution is -0.118. The van der Waals surface area contributed by atoms with Crippen LogP contribution in [0, 0.1) is 0 Å². The van der Waals surface area contributed by atoms with Crippen LogP contribution in [-0.4, -0.2) is 26.4 Å². The summed E-state index contributed by atoms with van der Waals surface area (Å²) in [5, 5.41) is 7.36. The van der Waals surface area contributed by atoms with E-state index in [-0.39, 0.29) is 5.91 Å². The molecule has 3 aromatic rings. The Labute approximate surface area is 151 Å². The highest BCUT2D eigenvalue weighted by atomic mass is 32.2. The van der Waals surface area contributed by atoms with Crippen molar-refractivity contribution >= 4 is 17.7 Å². The number of nitrogens with zero attached hydrogens (tertiary/aromatic N) is 3. The van der Waals surface area contributed by atoms with Crippen LogP contribution in [0.1, 0.15) is 11.3 Å². The molecule has 5 nitrogen and oxygen atoms in total. The highest BCUT2D eigenvalue weighted by Crippen LogP contribution is 2.17. The zero-order valence-electron chi connectivity index (χ0n) is 14.1. The molecule has 6 heteroatoms. The molecule has 0 atom stereocenters. The summed E-state index contributed by atoms with van der Waals surface area (Å²) < 4.78 is 1.79. The van der Waals surface area contributed by atoms with Gasteiger partial charge in [0.15, 0.2) is 0 Å². The Hall–Kier alpha value is -2.60. The summed E-state index contributed by atoms with van der Waals surface area (Å²) in [6, 6.07) is 17.9. The van der Waals surface area contributed by atoms with Gasteiger partial charge in [-0.3, -0.25) is 14.5 Å². The van der Waals surface area contributed by atoms with Crippen LogP contribution in [0.4, 0.5) is 0 Å². The summed E-state index contributed by atoms with van der Waals surface area (Å²) in [4.78, 5) is 16.3. The lowest BCUT2D eigenvalue weighted by Crippen LogP contribution is -2.24. The number of hydrogen-bond acceptors (Lipinski definition) is 4. The van der Waals surface area contributed by atoms with Gasteiger partial charge >= 0.3 is 0 Å². The van der Waals surface area contributed by atoms with E-state index in [9.17, 15) is 4.79 Å². The average Bonchev–Trinajstić information content (AvgIpc) is 3.02. The second-order valence-electron chi connectivity index (χ2n) is 5.61. The van der Waals surface area contributed by atoms with Crippen molar-refractivity contribution in [2.45, 2.75) is 12.3 Å². The van der Waals surface area contributed by atoms with Gasteiger partial charge in [0.2, 0.25) is 5.91 Å². The fourth-order valence-electron chi connectivity index (χ4n) is 2.44. The van der Waals surface area contributed by atoms with Crippen molar-refractivity contribution in [1.29, 1.82) is 0 Å². The molecular formula is C19H20N4OS. The number of carbonyl (C=O) groups excluding carboxylic acids is 1. The Morgan fingerprint density at radius 2 is 1.96 bits per heavy atom. The van der Waals surface area contributed by atoms with Gasteiger partial charge in [0, 0.05) is 19.0 Å². The number of nitrogens with one attached hydrogen (secondary N) is 1. The van der Waals surface area contributed by atoms with Gasteiger partial charge < -0.3 is 5.32 Å². The standard InChI is InChI=1S/C19H20N4OS/c1-23-18(17-9-5-6-10-20-17)11-16(22-23)12-21-19(24)14-25-13-15-7-3-2-4-8-15/h2-11H,12-14H2,1H3,(H,21,24). The molecular weight excluding hydrogens is 332 g/mol. The molecule has 0 saturated carbocycles. The Morgan fingerprint density at radius 1 is 1.16 bits per heavy atom. The summed E-state index contributed by atoms with van der Waals surface area (Å²) in [7, 11) is 1.88. The Bertz CT molecular complexity index is 818. The number of benzene rings is 1. The predicted molar refractivity (Wildman–Crippen MR) is 101 cm³/mol. The predicted octanol–water partition coefficient (Wildman–Crippen LogP) is 3.03. The Balaban J connectivity index is 1.48. The topological polar surface area (TPSA) is 59.8 Å². The van der Waals surface area contributed by atoms with E-state index in [1.54, 1.807) is 22.6 Å². The summed E-state index contributed by atoms with van der Waals surface area (Å²) >= 11 is 1.61. The second-order valence-corrected chi connectivity index (χ2v) is 6.60. The lowest BCUT2D eigenvalue weighted by atomic mass is 10.2. The lowest BCUT2D eigenvalue weighted by Gasteiger charge is -2.03. The van der Waals surface area contributed by atoms with Crippen molar-refractivity contribution in [3.63, 3.8) is 0 Å². The van der Waals surface area contributed by atoms with Gasteiger partial charge in [-0.05, 0) is 23.8 Å². The average molecular weight is 352 g/mol. The number of aromatic nitrogens is 3. The van der Waals surface area contributed by atoms with E-state index in [4.69, 9.17) is 0 Å². The third-order valence-corrected chi connectivity index (χ3v) is 4.67. The van der Waals surface area contributed by atoms with E-state index in [1.807, 2.05) is 49.5 Å². The van der Waals surface area contributed by atoms with Crippen LogP contribution >= 0.6 is 11.8 Å². The van der Waals surface area contributed by atoms with Gasteiger partial charge in [-0.25, -0.2) is 0 Å². The van der Waals surface area contributed by atoms with Crippen molar-refractivity contribution in [3.05, 3.63) is 72.1 Å². The number of rotatable bonds is 7. The van der Waals surface area contributed by atoms with E-state index >= 15 is 0 Å². The van der Waals surface area contributed by atoms with Crippen LogP contribution in [0.25, 0.3) is 11.4 Å². The van der Waals surface area contributed by atoms with E-state index in [2.05, 4.69) is 27.5 Å². The summed E-state index contributed by atoms with van der Waals surface area (Å²) in [6.07, 6.45) is 1.76. The molecule has 0 saturated heterocycles. The molecule has 0 fully saturated rings. The first-order valence-electron chi connectivity index (χ1n) is 8.05. The smallest absolute Gasteiger partial charge is 0.230 e. The molecule has 0 spiro atoms. The molecule has 2 heterocycles. The first kappa shape index (κ1) is 17.2. The molecule has 1 aromatic carbocycles. The molecule has 0 aliphatic carbocycles. The monoisotopic (exact) mass is 352 g/mol. The SMILES string of the molecule is Cn1nc(CNC(=O)CSCc2ccccc2)cc1-c1ccccn1. The maximum absolute atomic E-state index is 12.0. The number of thioether (sulfide) groups is 1. The van der Waals surface area contributed by atoms with E-state index in [0.717, 1.165) is 22.8 Å². The van der Waals surface area contributed by atoms with E-state index < -0.39 is 0 Å². The highest BCUT2D eigenvalue weighted by Gasteiger charge is 2.09. The minimum atomic E-state index is 0.0194. The minimum Gasteiger partial charge on any atom is -0.350 e. The Morgan fingerprint density at radius 3 is 2.72 bits per heavy atom. The van der Waals surface area contributed by atoms with Gasteiger partial charge in [-0.15, -0.1) is 11.8 Å². The van der Waals surface area contributed by atoms with Gasteiger partial charge in [-0.1, -0.05) is 36.4 Å². The fourth-order valence-corrected chi connectivity index (χ4v) is 3.26. The maximum Gasteiger partial charge on any atom is 0.230 e. The van der Waals surface area contributed by atoms with Gasteiger partial charge in [0.1, 0.15) is 0 Å². The Kier molecular flexibility index (Phi) is 5.85. The fraction of sp³-hybridized carbons (Fsp3) is 0.211. The van der Waals surface area contributed by atoms with Crippen molar-refractivity contribution in [2.75, 3.05) is 5.75 Å². The first-order valence-corrected chi connectivity index (χ1v) is 9.20. The number of aryl methyl sites for hydroxylation is 1. The molecule has 0 radical (unpaired) electrons. The van der Waals surface area contributed by atoms with E-state index in [0.29, 0.717) is 12.3 Å². The van der Waals surface area contributed by atoms with Crippen molar-refractivity contribution in [1.82, 2.24) is 20.1 Å². The second kappa shape index (κ2) is 8.48. The van der Waals surface area contributed by atoms with Crippen LogP contribution < -0.4 is 5.32 Å². The van der Waals surface area contributed by atoms with E-state index in [1.165, 1.54) is 5.56 Å². The molecule has 128 valence electrons. The van der Waals surface area contributed by atoms with Gasteiger partial charge in [0.25, 0.3) is 0 Å². The first-order chi connectivity index (χ1) is 12.2. The zero-order valence-corrected chi connectivity index (χ0v) is 14.9. The van der Waals surface area contributed by atoms with Crippen molar-refractivity contribution in [2.24, 2.45) is 7.05 Å². The van der Waals surface area contributed by atoms with Crippen LogP contribution in [0.2, 0.25) is 0 Å². The van der Waals surface area contributed by atoms with Crippen LogP contribution in [-0.2, 0) is 24.1 Å². The van der Waals surface area contributed by atoms with Crippen LogP contribution in [0.3, 0.4) is 0 Å². The molecule has 0 unspecified atom stereocenters. The molecule has 1 amide bonds. The minimum absolute atomic E-state index is 0.0194.